The standard InChI is InChI=1S/C22H23ClN6O2/c1-31-16-8-6-15(7-9-16)26-21(30)17-14-25-22(27-20(17)24)29-12-10-28(11-13-29)19-5-3-2-4-18(19)23/h2-9,14H,10-13H2,1H3,(H,26,30)(H2,24,25,27). The van der Waals surface area contributed by atoms with E-state index >= 15 is 0 Å². The van der Waals surface area contributed by atoms with Crippen LogP contribution >= 0.6 is 11.6 Å². The van der Waals surface area contributed by atoms with Gasteiger partial charge in [0.05, 0.1) is 17.8 Å². The largest absolute Gasteiger partial charge is 0.497 e. The van der Waals surface area contributed by atoms with Crippen molar-refractivity contribution in [3.63, 3.8) is 0 Å². The number of rotatable bonds is 5. The van der Waals surface area contributed by atoms with Gasteiger partial charge in [-0.25, -0.2) is 4.98 Å². The number of aromatic nitrogens is 2. The van der Waals surface area contributed by atoms with Crippen LogP contribution in [0.1, 0.15) is 10.4 Å². The molecule has 1 amide bonds. The molecule has 4 rings (SSSR count). The van der Waals surface area contributed by atoms with Gasteiger partial charge in [-0.3, -0.25) is 4.79 Å². The van der Waals surface area contributed by atoms with Crippen LogP contribution in [0.25, 0.3) is 0 Å². The van der Waals surface area contributed by atoms with Gasteiger partial charge in [-0.05, 0) is 36.4 Å². The first-order valence-electron chi connectivity index (χ1n) is 9.87. The number of carbonyl (C=O) groups excluding carboxylic acids is 1. The van der Waals surface area contributed by atoms with Crippen molar-refractivity contribution in [3.8, 4) is 5.75 Å². The van der Waals surface area contributed by atoms with Crippen LogP contribution in [-0.4, -0.2) is 49.2 Å². The Bertz CT molecular complexity index is 1070. The number of benzene rings is 2. The van der Waals surface area contributed by atoms with E-state index in [9.17, 15) is 4.79 Å². The van der Waals surface area contributed by atoms with E-state index in [-0.39, 0.29) is 17.3 Å². The van der Waals surface area contributed by atoms with E-state index in [1.54, 1.807) is 31.4 Å². The Morgan fingerprint density at radius 3 is 2.39 bits per heavy atom. The highest BCUT2D eigenvalue weighted by Gasteiger charge is 2.22. The molecule has 0 aliphatic carbocycles. The number of halogens is 1. The SMILES string of the molecule is COc1ccc(NC(=O)c2cnc(N3CCN(c4ccccc4Cl)CC3)nc2N)cc1. The van der Waals surface area contributed by atoms with Crippen LogP contribution in [0.5, 0.6) is 5.75 Å². The van der Waals surface area contributed by atoms with Gasteiger partial charge < -0.3 is 25.6 Å². The average Bonchev–Trinajstić information content (AvgIpc) is 2.80. The Kier molecular flexibility index (Phi) is 6.08. The third-order valence-corrected chi connectivity index (χ3v) is 5.47. The predicted octanol–water partition coefficient (Wildman–Crippen LogP) is 3.30. The number of ether oxygens (including phenoxy) is 1. The lowest BCUT2D eigenvalue weighted by atomic mass is 10.2. The summed E-state index contributed by atoms with van der Waals surface area (Å²) >= 11 is 6.31. The topological polar surface area (TPSA) is 96.6 Å². The number of carbonyl (C=O) groups is 1. The normalized spacial score (nSPS) is 13.7. The number of amides is 1. The Morgan fingerprint density at radius 2 is 1.74 bits per heavy atom. The zero-order chi connectivity index (χ0) is 21.8. The molecule has 31 heavy (non-hydrogen) atoms. The molecule has 2 heterocycles. The Morgan fingerprint density at radius 1 is 1.06 bits per heavy atom. The number of hydrogen-bond donors (Lipinski definition) is 2. The van der Waals surface area contributed by atoms with Gasteiger partial charge in [0.15, 0.2) is 0 Å². The Balaban J connectivity index is 1.40. The molecule has 3 N–H and O–H groups in total. The zero-order valence-electron chi connectivity index (χ0n) is 17.1. The molecule has 0 spiro atoms. The van der Waals surface area contributed by atoms with E-state index in [4.69, 9.17) is 22.1 Å². The summed E-state index contributed by atoms with van der Waals surface area (Å²) in [6.07, 6.45) is 1.47. The fraction of sp³-hybridized carbons (Fsp3) is 0.227. The van der Waals surface area contributed by atoms with Crippen LogP contribution in [0.4, 0.5) is 23.1 Å². The molecule has 0 unspecified atom stereocenters. The predicted molar refractivity (Wildman–Crippen MR) is 123 cm³/mol. The Hall–Kier alpha value is -3.52. The molecular formula is C22H23ClN6O2. The van der Waals surface area contributed by atoms with Crippen molar-refractivity contribution in [1.29, 1.82) is 0 Å². The van der Waals surface area contributed by atoms with E-state index in [0.29, 0.717) is 17.4 Å². The zero-order valence-corrected chi connectivity index (χ0v) is 17.8. The second kappa shape index (κ2) is 9.09. The number of methoxy groups -OCH3 is 1. The molecule has 0 atom stereocenters. The van der Waals surface area contributed by atoms with Crippen molar-refractivity contribution in [3.05, 3.63) is 65.3 Å². The fourth-order valence-corrected chi connectivity index (χ4v) is 3.70. The van der Waals surface area contributed by atoms with E-state index in [0.717, 1.165) is 36.9 Å². The number of anilines is 4. The molecule has 0 bridgehead atoms. The van der Waals surface area contributed by atoms with Crippen LogP contribution < -0.4 is 25.6 Å². The van der Waals surface area contributed by atoms with Crippen molar-refractivity contribution in [2.45, 2.75) is 0 Å². The first-order valence-corrected chi connectivity index (χ1v) is 10.3. The van der Waals surface area contributed by atoms with Gasteiger partial charge in [0, 0.05) is 38.1 Å². The molecule has 1 fully saturated rings. The minimum atomic E-state index is -0.363. The summed E-state index contributed by atoms with van der Waals surface area (Å²) < 4.78 is 5.12. The number of nitrogen functional groups attached to an aromatic ring is 1. The lowest BCUT2D eigenvalue weighted by Gasteiger charge is -2.36. The highest BCUT2D eigenvalue weighted by atomic mass is 35.5. The number of nitrogens with one attached hydrogen (secondary N) is 1. The molecule has 8 nitrogen and oxygen atoms in total. The molecule has 9 heteroatoms. The summed E-state index contributed by atoms with van der Waals surface area (Å²) in [6.45, 7) is 3.02. The minimum Gasteiger partial charge on any atom is -0.497 e. The quantitative estimate of drug-likeness (QED) is 0.630. The number of piperazine rings is 1. The monoisotopic (exact) mass is 438 g/mol. The van der Waals surface area contributed by atoms with Crippen molar-refractivity contribution >= 4 is 40.6 Å². The number of nitrogens with two attached hydrogens (primary N) is 1. The van der Waals surface area contributed by atoms with Crippen molar-refractivity contribution in [1.82, 2.24) is 9.97 Å². The van der Waals surface area contributed by atoms with Crippen LogP contribution in [-0.2, 0) is 0 Å². The Labute approximate surface area is 185 Å². The molecule has 160 valence electrons. The van der Waals surface area contributed by atoms with Gasteiger partial charge in [-0.2, -0.15) is 4.98 Å². The van der Waals surface area contributed by atoms with Crippen LogP contribution in [0.15, 0.2) is 54.7 Å². The maximum atomic E-state index is 12.6. The van der Waals surface area contributed by atoms with Gasteiger partial charge in [-0.1, -0.05) is 23.7 Å². The maximum absolute atomic E-state index is 12.6. The lowest BCUT2D eigenvalue weighted by Crippen LogP contribution is -2.47. The average molecular weight is 439 g/mol. The number of para-hydroxylation sites is 1. The molecule has 1 aliphatic heterocycles. The third kappa shape index (κ3) is 4.64. The fourth-order valence-electron chi connectivity index (χ4n) is 3.44. The highest BCUT2D eigenvalue weighted by Crippen LogP contribution is 2.27. The van der Waals surface area contributed by atoms with Gasteiger partial charge in [-0.15, -0.1) is 0 Å². The molecule has 2 aromatic carbocycles. The summed E-state index contributed by atoms with van der Waals surface area (Å²) in [7, 11) is 1.59. The maximum Gasteiger partial charge on any atom is 0.260 e. The van der Waals surface area contributed by atoms with E-state index in [1.165, 1.54) is 6.20 Å². The summed E-state index contributed by atoms with van der Waals surface area (Å²) in [6, 6.07) is 14.8. The molecule has 1 aliphatic rings. The molecular weight excluding hydrogens is 416 g/mol. The van der Waals surface area contributed by atoms with Crippen molar-refractivity contribution in [2.24, 2.45) is 0 Å². The second-order valence-electron chi connectivity index (χ2n) is 7.08. The van der Waals surface area contributed by atoms with Crippen molar-refractivity contribution < 1.29 is 9.53 Å². The molecule has 0 saturated carbocycles. The molecule has 1 saturated heterocycles. The first-order chi connectivity index (χ1) is 15.0. The van der Waals surface area contributed by atoms with Crippen LogP contribution in [0, 0.1) is 0 Å². The minimum absolute atomic E-state index is 0.143. The number of nitrogens with zero attached hydrogens (tertiary/aromatic N) is 4. The van der Waals surface area contributed by atoms with Crippen molar-refractivity contribution in [2.75, 3.05) is 54.1 Å². The molecule has 3 aromatic rings. The summed E-state index contributed by atoms with van der Waals surface area (Å²) in [5, 5.41) is 3.53. The summed E-state index contributed by atoms with van der Waals surface area (Å²) in [5.74, 6) is 0.999. The lowest BCUT2D eigenvalue weighted by molar-refractivity contribution is 0.102. The second-order valence-corrected chi connectivity index (χ2v) is 7.48. The number of hydrogen-bond acceptors (Lipinski definition) is 7. The third-order valence-electron chi connectivity index (χ3n) is 5.15. The highest BCUT2D eigenvalue weighted by molar-refractivity contribution is 6.33. The molecule has 1 aromatic heterocycles. The smallest absolute Gasteiger partial charge is 0.260 e. The van der Waals surface area contributed by atoms with Gasteiger partial charge in [0.1, 0.15) is 17.1 Å². The van der Waals surface area contributed by atoms with Gasteiger partial charge in [0.25, 0.3) is 5.91 Å². The van der Waals surface area contributed by atoms with Gasteiger partial charge >= 0.3 is 0 Å². The van der Waals surface area contributed by atoms with E-state index < -0.39 is 0 Å². The van der Waals surface area contributed by atoms with Gasteiger partial charge in [0.2, 0.25) is 5.95 Å². The van der Waals surface area contributed by atoms with E-state index in [1.807, 2.05) is 24.3 Å². The summed E-state index contributed by atoms with van der Waals surface area (Å²) in [5.41, 5.74) is 7.96. The first kappa shape index (κ1) is 20.7. The van der Waals surface area contributed by atoms with E-state index in [2.05, 4.69) is 25.1 Å². The van der Waals surface area contributed by atoms with Crippen LogP contribution in [0.3, 0.4) is 0 Å². The summed E-state index contributed by atoms with van der Waals surface area (Å²) in [4.78, 5) is 25.6. The van der Waals surface area contributed by atoms with Crippen LogP contribution in [0.2, 0.25) is 5.02 Å². The molecule has 0 radical (unpaired) electrons.